The molecule has 1 fully saturated rings. The van der Waals surface area contributed by atoms with Crippen LogP contribution in [-0.4, -0.2) is 29.0 Å². The van der Waals surface area contributed by atoms with Gasteiger partial charge in [0, 0.05) is 13.7 Å². The van der Waals surface area contributed by atoms with Crippen molar-refractivity contribution in [3.05, 3.63) is 16.4 Å². The lowest BCUT2D eigenvalue weighted by atomic mass is 9.95. The molecule has 0 aromatic carbocycles. The first-order valence-electron chi connectivity index (χ1n) is 6.67. The summed E-state index contributed by atoms with van der Waals surface area (Å²) in [6, 6.07) is 0.212. The van der Waals surface area contributed by atoms with Gasteiger partial charge in [0.1, 0.15) is 0 Å². The summed E-state index contributed by atoms with van der Waals surface area (Å²) in [7, 11) is 1.99. The Morgan fingerprint density at radius 1 is 1.67 bits per heavy atom. The highest BCUT2D eigenvalue weighted by atomic mass is 79.9. The molecular weight excluding hydrogens is 294 g/mol. The van der Waals surface area contributed by atoms with Gasteiger partial charge in [0.05, 0.1) is 28.5 Å². The fourth-order valence-corrected chi connectivity index (χ4v) is 3.18. The summed E-state index contributed by atoms with van der Waals surface area (Å²) in [5, 5.41) is 7.93. The third-order valence-electron chi connectivity index (χ3n) is 3.62. The van der Waals surface area contributed by atoms with E-state index in [0.29, 0.717) is 5.92 Å². The number of aryl methyl sites for hydroxylation is 1. The molecule has 102 valence electrons. The Hall–Kier alpha value is -0.390. The highest BCUT2D eigenvalue weighted by Crippen LogP contribution is 2.34. The second-order valence-electron chi connectivity index (χ2n) is 5.03. The summed E-state index contributed by atoms with van der Waals surface area (Å²) in [5.74, 6) is 0.584. The van der Waals surface area contributed by atoms with Gasteiger partial charge >= 0.3 is 0 Å². The molecule has 0 radical (unpaired) electrons. The van der Waals surface area contributed by atoms with Gasteiger partial charge in [0.25, 0.3) is 0 Å². The molecule has 4 nitrogen and oxygen atoms in total. The van der Waals surface area contributed by atoms with Gasteiger partial charge < -0.3 is 10.1 Å². The van der Waals surface area contributed by atoms with Crippen molar-refractivity contribution in [2.45, 2.75) is 38.8 Å². The topological polar surface area (TPSA) is 39.1 Å². The van der Waals surface area contributed by atoms with Gasteiger partial charge in [-0.15, -0.1) is 0 Å². The average Bonchev–Trinajstić information content (AvgIpc) is 2.90. The van der Waals surface area contributed by atoms with Crippen molar-refractivity contribution in [2.24, 2.45) is 13.0 Å². The van der Waals surface area contributed by atoms with E-state index < -0.39 is 0 Å². The van der Waals surface area contributed by atoms with Crippen LogP contribution >= 0.6 is 15.9 Å². The maximum Gasteiger partial charge on any atom is 0.0811 e. The van der Waals surface area contributed by atoms with Gasteiger partial charge in [-0.2, -0.15) is 5.10 Å². The molecule has 5 heteroatoms. The molecule has 1 N–H and O–H groups in total. The largest absolute Gasteiger partial charge is 0.376 e. The van der Waals surface area contributed by atoms with Crippen molar-refractivity contribution in [1.29, 1.82) is 0 Å². The summed E-state index contributed by atoms with van der Waals surface area (Å²) in [6.07, 6.45) is 4.36. The molecule has 1 aromatic rings. The third-order valence-corrected chi connectivity index (χ3v) is 4.23. The second kappa shape index (κ2) is 6.17. The molecule has 0 amide bonds. The quantitative estimate of drug-likeness (QED) is 0.908. The zero-order valence-corrected chi connectivity index (χ0v) is 12.9. The SMILES string of the molecule is CCCNC(c1c(Br)cnn1C)C1OCCC1C. The van der Waals surface area contributed by atoms with E-state index in [9.17, 15) is 0 Å². The van der Waals surface area contributed by atoms with Gasteiger partial charge in [0.15, 0.2) is 0 Å². The van der Waals surface area contributed by atoms with Crippen molar-refractivity contribution in [3.8, 4) is 0 Å². The molecule has 1 aromatic heterocycles. The van der Waals surface area contributed by atoms with Crippen LogP contribution in [0.5, 0.6) is 0 Å². The Morgan fingerprint density at radius 3 is 2.94 bits per heavy atom. The minimum absolute atomic E-state index is 0.212. The van der Waals surface area contributed by atoms with Crippen molar-refractivity contribution >= 4 is 15.9 Å². The molecule has 2 heterocycles. The number of aromatic nitrogens is 2. The molecular formula is C13H22BrN3O. The molecule has 3 unspecified atom stereocenters. The highest BCUT2D eigenvalue weighted by molar-refractivity contribution is 9.10. The van der Waals surface area contributed by atoms with Crippen LogP contribution in [0.4, 0.5) is 0 Å². The van der Waals surface area contributed by atoms with Crippen LogP contribution in [-0.2, 0) is 11.8 Å². The Morgan fingerprint density at radius 2 is 2.44 bits per heavy atom. The van der Waals surface area contributed by atoms with Crippen LogP contribution in [0.25, 0.3) is 0 Å². The van der Waals surface area contributed by atoms with Gasteiger partial charge in [-0.3, -0.25) is 4.68 Å². The van der Waals surface area contributed by atoms with Gasteiger partial charge in [0.2, 0.25) is 0 Å². The van der Waals surface area contributed by atoms with Crippen molar-refractivity contribution in [2.75, 3.05) is 13.2 Å². The number of hydrogen-bond donors (Lipinski definition) is 1. The Balaban J connectivity index is 2.24. The molecule has 1 saturated heterocycles. The summed E-state index contributed by atoms with van der Waals surface area (Å²) in [6.45, 7) is 6.31. The van der Waals surface area contributed by atoms with E-state index in [-0.39, 0.29) is 12.1 Å². The predicted molar refractivity (Wildman–Crippen MR) is 75.5 cm³/mol. The number of ether oxygens (including phenoxy) is 1. The van der Waals surface area contributed by atoms with Gasteiger partial charge in [-0.1, -0.05) is 13.8 Å². The fraction of sp³-hybridized carbons (Fsp3) is 0.769. The Bertz CT molecular complexity index is 374. The molecule has 0 spiro atoms. The molecule has 3 atom stereocenters. The zero-order chi connectivity index (χ0) is 13.1. The fourth-order valence-electron chi connectivity index (χ4n) is 2.58. The lowest BCUT2D eigenvalue weighted by molar-refractivity contribution is 0.0580. The van der Waals surface area contributed by atoms with Crippen molar-refractivity contribution < 1.29 is 4.74 Å². The first kappa shape index (κ1) is 14.0. The van der Waals surface area contributed by atoms with Crippen LogP contribution in [0.2, 0.25) is 0 Å². The van der Waals surface area contributed by atoms with Crippen molar-refractivity contribution in [3.63, 3.8) is 0 Å². The first-order chi connectivity index (χ1) is 8.65. The Kier molecular flexibility index (Phi) is 4.81. The van der Waals surface area contributed by atoms with E-state index in [1.54, 1.807) is 0 Å². The minimum Gasteiger partial charge on any atom is -0.376 e. The Labute approximate surface area is 117 Å². The zero-order valence-electron chi connectivity index (χ0n) is 11.3. The van der Waals surface area contributed by atoms with E-state index in [0.717, 1.165) is 30.5 Å². The molecule has 0 saturated carbocycles. The van der Waals surface area contributed by atoms with Crippen LogP contribution in [0.1, 0.15) is 38.4 Å². The van der Waals surface area contributed by atoms with Gasteiger partial charge in [-0.05, 0) is 41.2 Å². The molecule has 0 aliphatic carbocycles. The van der Waals surface area contributed by atoms with Crippen molar-refractivity contribution in [1.82, 2.24) is 15.1 Å². The smallest absolute Gasteiger partial charge is 0.0811 e. The number of nitrogens with zero attached hydrogens (tertiary/aromatic N) is 2. The van der Waals surface area contributed by atoms with Crippen LogP contribution < -0.4 is 5.32 Å². The number of rotatable bonds is 5. The standard InChI is InChI=1S/C13H22BrN3O/c1-4-6-15-11(13-9(2)5-7-18-13)12-10(14)8-16-17(12)3/h8-9,11,13,15H,4-7H2,1-3H3. The molecule has 2 rings (SSSR count). The summed E-state index contributed by atoms with van der Waals surface area (Å²) >= 11 is 3.60. The summed E-state index contributed by atoms with van der Waals surface area (Å²) in [4.78, 5) is 0. The van der Waals surface area contributed by atoms with E-state index in [2.05, 4.69) is 40.2 Å². The third kappa shape index (κ3) is 2.78. The predicted octanol–water partition coefficient (Wildman–Crippen LogP) is 2.65. The average molecular weight is 316 g/mol. The van der Waals surface area contributed by atoms with Gasteiger partial charge in [-0.25, -0.2) is 0 Å². The molecule has 0 bridgehead atoms. The first-order valence-corrected chi connectivity index (χ1v) is 7.46. The normalized spacial score (nSPS) is 25.6. The van der Waals surface area contributed by atoms with Crippen LogP contribution in [0, 0.1) is 5.92 Å². The maximum absolute atomic E-state index is 5.93. The maximum atomic E-state index is 5.93. The summed E-state index contributed by atoms with van der Waals surface area (Å²) < 4.78 is 8.93. The molecule has 1 aliphatic rings. The van der Waals surface area contributed by atoms with E-state index in [1.807, 2.05) is 17.9 Å². The molecule has 18 heavy (non-hydrogen) atoms. The lowest BCUT2D eigenvalue weighted by Gasteiger charge is -2.27. The molecule has 1 aliphatic heterocycles. The second-order valence-corrected chi connectivity index (χ2v) is 5.89. The number of nitrogens with one attached hydrogen (secondary N) is 1. The lowest BCUT2D eigenvalue weighted by Crippen LogP contribution is -2.36. The van der Waals surface area contributed by atoms with E-state index in [1.165, 1.54) is 5.69 Å². The van der Waals surface area contributed by atoms with E-state index in [4.69, 9.17) is 4.74 Å². The number of halogens is 1. The van der Waals surface area contributed by atoms with Crippen LogP contribution in [0.15, 0.2) is 10.7 Å². The summed E-state index contributed by atoms with van der Waals surface area (Å²) in [5.41, 5.74) is 1.18. The monoisotopic (exact) mass is 315 g/mol. The minimum atomic E-state index is 0.212. The number of hydrogen-bond acceptors (Lipinski definition) is 3. The van der Waals surface area contributed by atoms with E-state index >= 15 is 0 Å². The van der Waals surface area contributed by atoms with Crippen LogP contribution in [0.3, 0.4) is 0 Å². The highest BCUT2D eigenvalue weighted by Gasteiger charge is 2.35.